The second-order valence-electron chi connectivity index (χ2n) is 6.18. The van der Waals surface area contributed by atoms with Gasteiger partial charge in [-0.15, -0.1) is 11.6 Å². The maximum Gasteiger partial charge on any atom is 0.238 e. The minimum absolute atomic E-state index is 0.116. The van der Waals surface area contributed by atoms with Crippen LogP contribution >= 0.6 is 11.6 Å². The highest BCUT2D eigenvalue weighted by Crippen LogP contribution is 2.32. The minimum atomic E-state index is 0.116. The van der Waals surface area contributed by atoms with Crippen LogP contribution in [0.2, 0.25) is 0 Å². The molecule has 21 heavy (non-hydrogen) atoms. The quantitative estimate of drug-likeness (QED) is 0.781. The van der Waals surface area contributed by atoms with Gasteiger partial charge in [0.05, 0.1) is 0 Å². The van der Waals surface area contributed by atoms with Crippen LogP contribution in [0.3, 0.4) is 0 Å². The molecule has 0 radical (unpaired) electrons. The Labute approximate surface area is 131 Å². The molecule has 1 aromatic carbocycles. The Bertz CT molecular complexity index is 475. The summed E-state index contributed by atoms with van der Waals surface area (Å²) in [4.78, 5) is 16.7. The Balaban J connectivity index is 1.63. The Hall–Kier alpha value is -1.06. The third kappa shape index (κ3) is 3.78. The van der Waals surface area contributed by atoms with Gasteiger partial charge in [0, 0.05) is 25.2 Å². The standard InChI is InChI=1S/C17H23ClN2O/c18-11-17(21)20(15-8-9-15)16-7-4-10-19(13-16)12-14-5-2-1-3-6-14/h1-3,5-6,15-16H,4,7-13H2. The summed E-state index contributed by atoms with van der Waals surface area (Å²) in [5.74, 6) is 0.233. The van der Waals surface area contributed by atoms with Crippen LogP contribution in [0.4, 0.5) is 0 Å². The van der Waals surface area contributed by atoms with Gasteiger partial charge in [0.15, 0.2) is 0 Å². The second kappa shape index (κ2) is 6.80. The molecule has 2 aliphatic rings. The van der Waals surface area contributed by atoms with Gasteiger partial charge in [-0.3, -0.25) is 9.69 Å². The SMILES string of the molecule is O=C(CCl)N(C1CC1)C1CCCN(Cc2ccccc2)C1. The molecular formula is C17H23ClN2O. The molecular weight excluding hydrogens is 284 g/mol. The molecule has 1 aliphatic heterocycles. The van der Waals surface area contributed by atoms with Gasteiger partial charge < -0.3 is 4.90 Å². The first-order chi connectivity index (χ1) is 10.3. The minimum Gasteiger partial charge on any atom is -0.334 e. The maximum atomic E-state index is 12.1. The molecule has 2 fully saturated rings. The van der Waals surface area contributed by atoms with Crippen LogP contribution in [0.25, 0.3) is 0 Å². The van der Waals surface area contributed by atoms with E-state index in [4.69, 9.17) is 11.6 Å². The molecule has 3 rings (SSSR count). The van der Waals surface area contributed by atoms with Crippen molar-refractivity contribution in [3.63, 3.8) is 0 Å². The van der Waals surface area contributed by atoms with E-state index in [1.807, 2.05) is 0 Å². The van der Waals surface area contributed by atoms with E-state index in [1.54, 1.807) is 0 Å². The van der Waals surface area contributed by atoms with Crippen molar-refractivity contribution in [2.45, 2.75) is 44.3 Å². The molecule has 114 valence electrons. The second-order valence-corrected chi connectivity index (χ2v) is 6.45. The number of hydrogen-bond acceptors (Lipinski definition) is 2. The molecule has 3 nitrogen and oxygen atoms in total. The summed E-state index contributed by atoms with van der Waals surface area (Å²) in [6.45, 7) is 3.08. The summed E-state index contributed by atoms with van der Waals surface area (Å²) in [7, 11) is 0. The van der Waals surface area contributed by atoms with E-state index in [9.17, 15) is 4.79 Å². The first-order valence-electron chi connectivity index (χ1n) is 7.91. The largest absolute Gasteiger partial charge is 0.334 e. The lowest BCUT2D eigenvalue weighted by atomic mass is 10.0. The number of likely N-dealkylation sites (tertiary alicyclic amines) is 1. The predicted octanol–water partition coefficient (Wildman–Crippen LogP) is 2.88. The number of halogens is 1. The fourth-order valence-corrected chi connectivity index (χ4v) is 3.51. The van der Waals surface area contributed by atoms with Gasteiger partial charge >= 0.3 is 0 Å². The summed E-state index contributed by atoms with van der Waals surface area (Å²) in [6, 6.07) is 11.4. The predicted molar refractivity (Wildman–Crippen MR) is 85.3 cm³/mol. The van der Waals surface area contributed by atoms with Crippen molar-refractivity contribution in [3.8, 4) is 0 Å². The molecule has 1 unspecified atom stereocenters. The number of rotatable bonds is 5. The summed E-state index contributed by atoms with van der Waals surface area (Å²) < 4.78 is 0. The van der Waals surface area contributed by atoms with Crippen molar-refractivity contribution in [1.82, 2.24) is 9.80 Å². The number of nitrogens with zero attached hydrogens (tertiary/aromatic N) is 2. The molecule has 0 bridgehead atoms. The molecule has 0 N–H and O–H groups in total. The van der Waals surface area contributed by atoms with Crippen molar-refractivity contribution < 1.29 is 4.79 Å². The van der Waals surface area contributed by atoms with Crippen LogP contribution in [-0.4, -0.2) is 46.8 Å². The lowest BCUT2D eigenvalue weighted by Gasteiger charge is -2.39. The van der Waals surface area contributed by atoms with Gasteiger partial charge in [0.25, 0.3) is 0 Å². The van der Waals surface area contributed by atoms with Gasteiger partial charge in [0.2, 0.25) is 5.91 Å². The lowest BCUT2D eigenvalue weighted by Crippen LogP contribution is -2.51. The summed E-state index contributed by atoms with van der Waals surface area (Å²) in [5.41, 5.74) is 1.35. The van der Waals surface area contributed by atoms with E-state index in [0.717, 1.165) is 45.3 Å². The van der Waals surface area contributed by atoms with Crippen LogP contribution in [0.5, 0.6) is 0 Å². The van der Waals surface area contributed by atoms with E-state index in [1.165, 1.54) is 5.56 Å². The van der Waals surface area contributed by atoms with Crippen molar-refractivity contribution in [3.05, 3.63) is 35.9 Å². The molecule has 1 aromatic rings. The Kier molecular flexibility index (Phi) is 4.81. The van der Waals surface area contributed by atoms with E-state index in [0.29, 0.717) is 12.1 Å². The van der Waals surface area contributed by atoms with Gasteiger partial charge in [-0.2, -0.15) is 0 Å². The number of alkyl halides is 1. The summed E-state index contributed by atoms with van der Waals surface area (Å²) >= 11 is 5.80. The monoisotopic (exact) mass is 306 g/mol. The molecule has 1 amide bonds. The number of carbonyl (C=O) groups is 1. The van der Waals surface area contributed by atoms with Crippen molar-refractivity contribution in [1.29, 1.82) is 0 Å². The highest BCUT2D eigenvalue weighted by atomic mass is 35.5. The lowest BCUT2D eigenvalue weighted by molar-refractivity contribution is -0.132. The molecule has 1 aliphatic carbocycles. The zero-order valence-corrected chi connectivity index (χ0v) is 13.1. The number of benzene rings is 1. The van der Waals surface area contributed by atoms with Crippen molar-refractivity contribution in [2.24, 2.45) is 0 Å². The molecule has 1 atom stereocenters. The third-order valence-electron chi connectivity index (χ3n) is 4.47. The molecule has 1 saturated heterocycles. The first-order valence-corrected chi connectivity index (χ1v) is 8.45. The first kappa shape index (κ1) is 14.9. The van der Waals surface area contributed by atoms with Crippen LogP contribution in [0.1, 0.15) is 31.2 Å². The Morgan fingerprint density at radius 3 is 2.62 bits per heavy atom. The van der Waals surface area contributed by atoms with Crippen LogP contribution in [0.15, 0.2) is 30.3 Å². The van der Waals surface area contributed by atoms with Crippen molar-refractivity contribution >= 4 is 17.5 Å². The highest BCUT2D eigenvalue weighted by molar-refractivity contribution is 6.27. The van der Waals surface area contributed by atoms with Gasteiger partial charge in [-0.05, 0) is 37.8 Å². The van der Waals surface area contributed by atoms with Crippen LogP contribution < -0.4 is 0 Å². The summed E-state index contributed by atoms with van der Waals surface area (Å²) in [5, 5.41) is 0. The topological polar surface area (TPSA) is 23.6 Å². The molecule has 4 heteroatoms. The van der Waals surface area contributed by atoms with E-state index >= 15 is 0 Å². The summed E-state index contributed by atoms with van der Waals surface area (Å²) in [6.07, 6.45) is 4.58. The number of piperidine rings is 1. The Morgan fingerprint density at radius 1 is 1.19 bits per heavy atom. The maximum absolute atomic E-state index is 12.1. The third-order valence-corrected chi connectivity index (χ3v) is 4.69. The molecule has 1 saturated carbocycles. The average Bonchev–Trinajstić information content (AvgIpc) is 3.33. The number of carbonyl (C=O) groups excluding carboxylic acids is 1. The van der Waals surface area contributed by atoms with Gasteiger partial charge in [0.1, 0.15) is 5.88 Å². The average molecular weight is 307 g/mol. The molecule has 0 spiro atoms. The molecule has 1 heterocycles. The smallest absolute Gasteiger partial charge is 0.238 e. The zero-order valence-electron chi connectivity index (χ0n) is 12.4. The fraction of sp³-hybridized carbons (Fsp3) is 0.588. The van der Waals surface area contributed by atoms with E-state index < -0.39 is 0 Å². The Morgan fingerprint density at radius 2 is 1.95 bits per heavy atom. The molecule has 0 aromatic heterocycles. The normalized spacial score (nSPS) is 23.0. The fourth-order valence-electron chi connectivity index (χ4n) is 3.37. The van der Waals surface area contributed by atoms with Crippen molar-refractivity contribution in [2.75, 3.05) is 19.0 Å². The number of amides is 1. The van der Waals surface area contributed by atoms with E-state index in [-0.39, 0.29) is 11.8 Å². The highest BCUT2D eigenvalue weighted by Gasteiger charge is 2.38. The number of hydrogen-bond donors (Lipinski definition) is 0. The van der Waals surface area contributed by atoms with Gasteiger partial charge in [-0.1, -0.05) is 30.3 Å². The zero-order chi connectivity index (χ0) is 14.7. The van der Waals surface area contributed by atoms with Gasteiger partial charge in [-0.25, -0.2) is 0 Å². The van der Waals surface area contributed by atoms with Crippen LogP contribution in [0, 0.1) is 0 Å². The van der Waals surface area contributed by atoms with E-state index in [2.05, 4.69) is 40.1 Å². The van der Waals surface area contributed by atoms with Crippen LogP contribution in [-0.2, 0) is 11.3 Å².